The molecule has 0 N–H and O–H groups in total. The van der Waals surface area contributed by atoms with E-state index in [9.17, 15) is 10.5 Å². The molecule has 6 heteroatoms. The quantitative estimate of drug-likeness (QED) is 0.233. The summed E-state index contributed by atoms with van der Waals surface area (Å²) >= 11 is 3.05. The fourth-order valence-electron chi connectivity index (χ4n) is 3.72. The van der Waals surface area contributed by atoms with Gasteiger partial charge in [0.25, 0.3) is 0 Å². The van der Waals surface area contributed by atoms with Gasteiger partial charge in [0.15, 0.2) is 0 Å². The van der Waals surface area contributed by atoms with Crippen LogP contribution in [-0.4, -0.2) is 13.7 Å². The second kappa shape index (κ2) is 13.5. The molecule has 0 saturated heterocycles. The molecule has 3 rings (SSSR count). The smallest absolute Gasteiger partial charge is 0.127 e. The van der Waals surface area contributed by atoms with Crippen molar-refractivity contribution in [1.82, 2.24) is 0 Å². The highest BCUT2D eigenvalue weighted by Crippen LogP contribution is 2.35. The Labute approximate surface area is 216 Å². The van der Waals surface area contributed by atoms with Crippen molar-refractivity contribution in [1.29, 1.82) is 10.5 Å². The minimum Gasteiger partial charge on any atom is -0.496 e. The van der Waals surface area contributed by atoms with Gasteiger partial charge in [-0.25, -0.2) is 0 Å². The first-order valence-electron chi connectivity index (χ1n) is 11.8. The number of benzene rings is 1. The van der Waals surface area contributed by atoms with Crippen LogP contribution in [0.3, 0.4) is 0 Å². The highest BCUT2D eigenvalue weighted by Gasteiger charge is 2.15. The van der Waals surface area contributed by atoms with E-state index in [1.54, 1.807) is 7.11 Å². The summed E-state index contributed by atoms with van der Waals surface area (Å²) < 4.78 is 12.1. The first-order chi connectivity index (χ1) is 17.1. The SMILES string of the molecule is CCCCC(CC)COc1cc(C=C(C#N)c2cccs2)c(OC)cc1C=C(C#N)c1cccs1. The van der Waals surface area contributed by atoms with Crippen LogP contribution < -0.4 is 9.47 Å². The molecule has 0 aliphatic rings. The molecule has 4 nitrogen and oxygen atoms in total. The van der Waals surface area contributed by atoms with E-state index in [1.165, 1.54) is 29.1 Å². The molecular weight excluding hydrogens is 472 g/mol. The molecule has 1 unspecified atom stereocenters. The Morgan fingerprint density at radius 1 is 0.943 bits per heavy atom. The van der Waals surface area contributed by atoms with Gasteiger partial charge in [-0.05, 0) is 59.5 Å². The zero-order chi connectivity index (χ0) is 25.0. The van der Waals surface area contributed by atoms with Gasteiger partial charge in [0.2, 0.25) is 0 Å². The van der Waals surface area contributed by atoms with Crippen LogP contribution in [0.15, 0.2) is 47.2 Å². The Hall–Kier alpha value is -3.32. The van der Waals surface area contributed by atoms with Crippen LogP contribution in [0, 0.1) is 28.6 Å². The van der Waals surface area contributed by atoms with Gasteiger partial charge in [-0.1, -0.05) is 45.2 Å². The van der Waals surface area contributed by atoms with Crippen LogP contribution in [0.2, 0.25) is 0 Å². The van der Waals surface area contributed by atoms with Crippen molar-refractivity contribution in [3.63, 3.8) is 0 Å². The van der Waals surface area contributed by atoms with Crippen LogP contribution >= 0.6 is 22.7 Å². The van der Waals surface area contributed by atoms with E-state index >= 15 is 0 Å². The number of methoxy groups -OCH3 is 1. The maximum Gasteiger partial charge on any atom is 0.127 e. The van der Waals surface area contributed by atoms with E-state index in [0.717, 1.165) is 40.1 Å². The number of nitrogens with zero attached hydrogens (tertiary/aromatic N) is 2. The number of rotatable bonds is 12. The fraction of sp³-hybridized carbons (Fsp3) is 0.310. The van der Waals surface area contributed by atoms with Crippen LogP contribution in [0.5, 0.6) is 11.5 Å². The zero-order valence-electron chi connectivity index (χ0n) is 20.4. The topological polar surface area (TPSA) is 66.0 Å². The number of thiophene rings is 2. The zero-order valence-corrected chi connectivity index (χ0v) is 22.0. The van der Waals surface area contributed by atoms with Gasteiger partial charge in [-0.2, -0.15) is 10.5 Å². The summed E-state index contributed by atoms with van der Waals surface area (Å²) in [5.74, 6) is 1.76. The van der Waals surface area contributed by atoms with Crippen molar-refractivity contribution in [3.8, 4) is 23.6 Å². The molecule has 2 heterocycles. The number of allylic oxidation sites excluding steroid dienone is 2. The first kappa shape index (κ1) is 26.3. The molecule has 35 heavy (non-hydrogen) atoms. The Bertz CT molecular complexity index is 1230. The summed E-state index contributed by atoms with van der Waals surface area (Å²) in [6.07, 6.45) is 8.20. The molecule has 1 aromatic carbocycles. The van der Waals surface area contributed by atoms with Gasteiger partial charge >= 0.3 is 0 Å². The molecule has 0 saturated carbocycles. The normalized spacial score (nSPS) is 12.6. The Morgan fingerprint density at radius 2 is 1.51 bits per heavy atom. The lowest BCUT2D eigenvalue weighted by molar-refractivity contribution is 0.232. The number of nitriles is 2. The van der Waals surface area contributed by atoms with Gasteiger partial charge in [0.05, 0.1) is 24.9 Å². The summed E-state index contributed by atoms with van der Waals surface area (Å²) in [6.45, 7) is 4.99. The average Bonchev–Trinajstić information content (AvgIpc) is 3.61. The number of unbranched alkanes of at least 4 members (excludes halogenated alkanes) is 1. The van der Waals surface area contributed by atoms with E-state index in [4.69, 9.17) is 9.47 Å². The second-order valence-corrected chi connectivity index (χ2v) is 10.0. The lowest BCUT2D eigenvalue weighted by atomic mass is 10.00. The van der Waals surface area contributed by atoms with Gasteiger partial charge in [-0.15, -0.1) is 22.7 Å². The third kappa shape index (κ3) is 7.09. The minimum atomic E-state index is 0.460. The molecule has 3 aromatic rings. The molecular formula is C29H30N2O2S2. The second-order valence-electron chi connectivity index (χ2n) is 8.15. The highest BCUT2D eigenvalue weighted by molar-refractivity contribution is 7.11. The summed E-state index contributed by atoms with van der Waals surface area (Å²) in [7, 11) is 1.61. The lowest BCUT2D eigenvalue weighted by Crippen LogP contribution is -2.12. The highest BCUT2D eigenvalue weighted by atomic mass is 32.1. The van der Waals surface area contributed by atoms with E-state index in [1.807, 2.05) is 59.3 Å². The molecule has 0 fully saturated rings. The Balaban J connectivity index is 2.08. The van der Waals surface area contributed by atoms with Crippen molar-refractivity contribution in [2.45, 2.75) is 39.5 Å². The van der Waals surface area contributed by atoms with E-state index in [-0.39, 0.29) is 0 Å². The van der Waals surface area contributed by atoms with Gasteiger partial charge in [0.1, 0.15) is 23.6 Å². The average molecular weight is 503 g/mol. The molecule has 0 aliphatic carbocycles. The minimum absolute atomic E-state index is 0.460. The first-order valence-corrected chi connectivity index (χ1v) is 13.6. The number of ether oxygens (including phenoxy) is 2. The van der Waals surface area contributed by atoms with E-state index in [2.05, 4.69) is 26.0 Å². The van der Waals surface area contributed by atoms with Crippen molar-refractivity contribution in [3.05, 3.63) is 68.0 Å². The van der Waals surface area contributed by atoms with Crippen LogP contribution in [-0.2, 0) is 0 Å². The summed E-state index contributed by atoms with van der Waals surface area (Å²) in [5.41, 5.74) is 2.69. The van der Waals surface area contributed by atoms with E-state index < -0.39 is 0 Å². The third-order valence-corrected chi connectivity index (χ3v) is 7.60. The molecule has 0 amide bonds. The van der Waals surface area contributed by atoms with Crippen molar-refractivity contribution in [2.75, 3.05) is 13.7 Å². The molecule has 0 spiro atoms. The van der Waals surface area contributed by atoms with Crippen molar-refractivity contribution >= 4 is 46.0 Å². The van der Waals surface area contributed by atoms with Gasteiger partial charge < -0.3 is 9.47 Å². The maximum absolute atomic E-state index is 9.81. The number of hydrogen-bond donors (Lipinski definition) is 0. The monoisotopic (exact) mass is 502 g/mol. The lowest BCUT2D eigenvalue weighted by Gasteiger charge is -2.18. The Kier molecular flexibility index (Phi) is 10.2. The largest absolute Gasteiger partial charge is 0.496 e. The summed E-state index contributed by atoms with van der Waals surface area (Å²) in [5, 5.41) is 23.5. The predicted octanol–water partition coefficient (Wildman–Crippen LogP) is 8.54. The molecule has 180 valence electrons. The van der Waals surface area contributed by atoms with Crippen molar-refractivity contribution in [2.24, 2.45) is 5.92 Å². The molecule has 2 aromatic heterocycles. The standard InChI is InChI=1S/C29H30N2O2S2/c1-4-6-9-21(5-2)20-33-27-17-22(14-24(18-30)28-10-7-12-34-28)26(32-3)16-23(27)15-25(19-31)29-11-8-13-35-29/h7-8,10-17,21H,4-6,9,20H2,1-3H3. The molecule has 0 radical (unpaired) electrons. The number of hydrogen-bond acceptors (Lipinski definition) is 6. The maximum atomic E-state index is 9.81. The van der Waals surface area contributed by atoms with Gasteiger partial charge in [-0.3, -0.25) is 0 Å². The van der Waals surface area contributed by atoms with Crippen LogP contribution in [0.1, 0.15) is 60.4 Å². The van der Waals surface area contributed by atoms with Crippen LogP contribution in [0.4, 0.5) is 0 Å². The molecule has 0 aliphatic heterocycles. The third-order valence-electron chi connectivity index (χ3n) is 5.79. The fourth-order valence-corrected chi connectivity index (χ4v) is 5.10. The van der Waals surface area contributed by atoms with E-state index in [0.29, 0.717) is 35.2 Å². The Morgan fingerprint density at radius 3 is 1.97 bits per heavy atom. The molecule has 0 bridgehead atoms. The van der Waals surface area contributed by atoms with Crippen molar-refractivity contribution < 1.29 is 9.47 Å². The summed E-state index contributed by atoms with van der Waals surface area (Å²) in [4.78, 5) is 1.80. The van der Waals surface area contributed by atoms with Crippen LogP contribution in [0.25, 0.3) is 23.3 Å². The predicted molar refractivity (Wildman–Crippen MR) is 147 cm³/mol. The van der Waals surface area contributed by atoms with Gasteiger partial charge in [0, 0.05) is 20.9 Å². The summed E-state index contributed by atoms with van der Waals surface area (Å²) in [6, 6.07) is 16.2. The molecule has 1 atom stereocenters.